The van der Waals surface area contributed by atoms with Gasteiger partial charge in [-0.05, 0) is 52.6 Å². The topological polar surface area (TPSA) is 164 Å². The summed E-state index contributed by atoms with van der Waals surface area (Å²) in [4.78, 5) is 40.1. The van der Waals surface area contributed by atoms with E-state index in [1.165, 1.54) is 36.9 Å². The maximum Gasteiger partial charge on any atom is 0.408 e. The van der Waals surface area contributed by atoms with E-state index in [0.29, 0.717) is 30.5 Å². The summed E-state index contributed by atoms with van der Waals surface area (Å²) in [5.41, 5.74) is 7.76. The molecule has 48 heavy (non-hydrogen) atoms. The number of nitrogens with zero attached hydrogens (tertiary/aromatic N) is 2. The largest absolute Gasteiger partial charge is 0.465 e. The molecule has 0 radical (unpaired) electrons. The Balaban J connectivity index is 0.000000340. The number of esters is 2. The lowest BCUT2D eigenvalue weighted by atomic mass is 10.0. The molecular formula is C29H41Br2ClF2N4O8S2. The van der Waals surface area contributed by atoms with Crippen molar-refractivity contribution >= 4 is 96.3 Å². The van der Waals surface area contributed by atoms with Gasteiger partial charge in [-0.25, -0.2) is 23.2 Å². The highest BCUT2D eigenvalue weighted by Crippen LogP contribution is 2.45. The van der Waals surface area contributed by atoms with Crippen molar-refractivity contribution in [3.05, 3.63) is 28.5 Å². The minimum Gasteiger partial charge on any atom is -0.465 e. The number of fused-ring (bicyclic) bond motifs is 2. The molecule has 0 bridgehead atoms. The van der Waals surface area contributed by atoms with Crippen molar-refractivity contribution in [2.75, 3.05) is 63.4 Å². The lowest BCUT2D eigenvalue weighted by Gasteiger charge is -2.34. The number of ether oxygens (including phenoxy) is 3. The normalized spacial score (nSPS) is 18.2. The van der Waals surface area contributed by atoms with Crippen molar-refractivity contribution in [1.82, 2.24) is 5.32 Å². The Morgan fingerprint density at radius 1 is 0.917 bits per heavy atom. The van der Waals surface area contributed by atoms with Crippen LogP contribution in [0.15, 0.2) is 7.57 Å². The van der Waals surface area contributed by atoms with Crippen LogP contribution >= 0.6 is 66.9 Å². The number of hydrogen-bond acceptors (Lipinski definition) is 13. The maximum absolute atomic E-state index is 14.3. The Labute approximate surface area is 308 Å². The van der Waals surface area contributed by atoms with E-state index in [0.717, 1.165) is 9.35 Å². The highest BCUT2D eigenvalue weighted by atomic mass is 79.9. The number of alkyl halides is 2. The molecule has 0 unspecified atom stereocenters. The van der Waals surface area contributed by atoms with Crippen LogP contribution in [0.5, 0.6) is 0 Å². The Kier molecular flexibility index (Phi) is 16.3. The Morgan fingerprint density at radius 2 is 1.35 bits per heavy atom. The molecule has 12 nitrogen and oxygen atoms in total. The molecule has 2 aliphatic heterocycles. The van der Waals surface area contributed by atoms with E-state index in [-0.39, 0.29) is 64.6 Å². The third-order valence-electron chi connectivity index (χ3n) is 6.99. The Bertz CT molecular complexity index is 1430. The first-order valence-electron chi connectivity index (χ1n) is 14.6. The van der Waals surface area contributed by atoms with E-state index in [9.17, 15) is 28.3 Å². The van der Waals surface area contributed by atoms with Gasteiger partial charge in [0.2, 0.25) is 0 Å². The fourth-order valence-electron chi connectivity index (χ4n) is 5.14. The van der Waals surface area contributed by atoms with Crippen LogP contribution in [0.3, 0.4) is 0 Å². The third kappa shape index (κ3) is 10.8. The second kappa shape index (κ2) is 18.4. The summed E-state index contributed by atoms with van der Waals surface area (Å²) < 4.78 is 44.3. The summed E-state index contributed by atoms with van der Waals surface area (Å²) in [6.45, 7) is 5.26. The number of nitrogens with two attached hydrogens (primary N) is 1. The van der Waals surface area contributed by atoms with Crippen molar-refractivity contribution in [2.45, 2.75) is 63.6 Å². The van der Waals surface area contributed by atoms with Crippen molar-refractivity contribution in [3.63, 3.8) is 0 Å². The Hall–Kier alpha value is -1.80. The monoisotopic (exact) mass is 868 g/mol. The van der Waals surface area contributed by atoms with Gasteiger partial charge in [-0.3, -0.25) is 0 Å². The summed E-state index contributed by atoms with van der Waals surface area (Å²) in [7, 11) is 2.60. The van der Waals surface area contributed by atoms with Gasteiger partial charge in [0.1, 0.15) is 27.7 Å². The van der Waals surface area contributed by atoms with Crippen molar-refractivity contribution < 1.29 is 47.6 Å². The molecule has 272 valence electrons. The number of anilines is 2. The van der Waals surface area contributed by atoms with Gasteiger partial charge in [-0.2, -0.15) is 0 Å². The van der Waals surface area contributed by atoms with Gasteiger partial charge in [0.05, 0.1) is 52.4 Å². The zero-order chi connectivity index (χ0) is 35.2. The second-order valence-electron chi connectivity index (χ2n) is 11.9. The van der Waals surface area contributed by atoms with E-state index >= 15 is 0 Å². The second-order valence-corrected chi connectivity index (χ2v) is 16.6. The van der Waals surface area contributed by atoms with Gasteiger partial charge in [-0.15, -0.1) is 35.1 Å². The number of aliphatic hydroxyl groups excluding tert-OH is 2. The smallest absolute Gasteiger partial charge is 0.408 e. The van der Waals surface area contributed by atoms with Crippen LogP contribution in [0, 0.1) is 0 Å². The van der Waals surface area contributed by atoms with Crippen LogP contribution in [-0.4, -0.2) is 112 Å². The molecule has 4 rings (SSSR count). The maximum atomic E-state index is 14.3. The van der Waals surface area contributed by atoms with Crippen molar-refractivity contribution in [2.24, 2.45) is 5.73 Å². The molecule has 2 aromatic rings. The van der Waals surface area contributed by atoms with Crippen LogP contribution in [-0.2, 0) is 27.1 Å². The average molecular weight is 871 g/mol. The van der Waals surface area contributed by atoms with Gasteiger partial charge in [0, 0.05) is 56.2 Å². The number of thiophene rings is 2. The van der Waals surface area contributed by atoms with Crippen molar-refractivity contribution in [3.8, 4) is 0 Å². The molecule has 2 aliphatic rings. The number of carbonyl (C=O) groups excluding carboxylic acids is 3. The lowest BCUT2D eigenvalue weighted by Crippen LogP contribution is -2.50. The van der Waals surface area contributed by atoms with Gasteiger partial charge < -0.3 is 45.3 Å². The SMILES string of the molecule is COC(=O)c1sc(Br)c2c1N(C[C@@H](N)CO)C[C@@H](F)C2.COC(=O)c1sc(Br)c2c1N(C[C@H](CO)NC(=O)OC(C)(C)C)C[C@@H](F)C2.Cl. The predicted molar refractivity (Wildman–Crippen MR) is 191 cm³/mol. The van der Waals surface area contributed by atoms with Crippen LogP contribution in [0.1, 0.15) is 51.2 Å². The van der Waals surface area contributed by atoms with Crippen LogP contribution < -0.4 is 20.9 Å². The van der Waals surface area contributed by atoms with Crippen LogP contribution in [0.2, 0.25) is 0 Å². The molecule has 0 spiro atoms. The molecule has 19 heteroatoms. The van der Waals surface area contributed by atoms with Gasteiger partial charge in [0.25, 0.3) is 0 Å². The van der Waals surface area contributed by atoms with E-state index in [4.69, 9.17) is 25.1 Å². The van der Waals surface area contributed by atoms with Gasteiger partial charge in [-0.1, -0.05) is 0 Å². The minimum absolute atomic E-state index is 0. The number of alkyl carbamates (subject to hydrolysis) is 1. The summed E-state index contributed by atoms with van der Waals surface area (Å²) in [6.07, 6.45) is -2.38. The van der Waals surface area contributed by atoms with E-state index in [1.807, 2.05) is 0 Å². The standard InChI is InChI=1S/C17H24BrFN2O5S.C12H16BrFN2O3S.ClH/c1-17(2,3)26-16(24)20-10(8-22)7-21-6-9(19)5-11-12(21)13(15(23)25-4)27-14(11)18;1-19-12(18)10-9-8(11(13)20-10)2-6(14)3-16(9)4-7(15)5-17;/h9-10,22H,5-8H2,1-4H3,(H,20,24);6-7,17H,2-5,15H2,1H3;1H/t9-,10+;6-,7+;/m00./s1. The summed E-state index contributed by atoms with van der Waals surface area (Å²) in [5, 5.41) is 21.3. The van der Waals surface area contributed by atoms with Crippen LogP contribution in [0.4, 0.5) is 25.0 Å². The number of halogens is 5. The number of carbonyl (C=O) groups is 3. The number of methoxy groups -OCH3 is 2. The molecule has 0 aromatic carbocycles. The first kappa shape index (κ1) is 42.4. The molecule has 0 saturated carbocycles. The summed E-state index contributed by atoms with van der Waals surface area (Å²) in [6, 6.07) is -1.18. The fraction of sp³-hybridized carbons (Fsp3) is 0.621. The first-order chi connectivity index (χ1) is 22.0. The summed E-state index contributed by atoms with van der Waals surface area (Å²) >= 11 is 9.18. The molecule has 2 aromatic heterocycles. The zero-order valence-electron chi connectivity index (χ0n) is 27.0. The number of hydrogen-bond donors (Lipinski definition) is 4. The molecule has 4 atom stereocenters. The molecule has 1 amide bonds. The molecule has 0 fully saturated rings. The van der Waals surface area contributed by atoms with Crippen LogP contribution in [0.25, 0.3) is 0 Å². The summed E-state index contributed by atoms with van der Waals surface area (Å²) in [5.74, 6) is -0.957. The lowest BCUT2D eigenvalue weighted by molar-refractivity contribution is 0.0482. The van der Waals surface area contributed by atoms with Crippen molar-refractivity contribution in [1.29, 1.82) is 0 Å². The average Bonchev–Trinajstić information content (AvgIpc) is 3.51. The third-order valence-corrected chi connectivity index (χ3v) is 10.9. The number of aliphatic hydroxyl groups is 2. The van der Waals surface area contributed by atoms with Gasteiger partial charge >= 0.3 is 18.0 Å². The van der Waals surface area contributed by atoms with E-state index < -0.39 is 48.1 Å². The first-order valence-corrected chi connectivity index (χ1v) is 17.8. The molecule has 4 heterocycles. The fourth-order valence-corrected chi connectivity index (χ4v) is 8.81. The quantitative estimate of drug-likeness (QED) is 0.206. The zero-order valence-corrected chi connectivity index (χ0v) is 32.6. The highest BCUT2D eigenvalue weighted by molar-refractivity contribution is 9.11. The number of rotatable bonds is 9. The van der Waals surface area contributed by atoms with Gasteiger partial charge in [0.15, 0.2) is 0 Å². The molecule has 0 saturated heterocycles. The molecular weight excluding hydrogens is 830 g/mol. The number of nitrogens with one attached hydrogen (secondary N) is 1. The predicted octanol–water partition coefficient (Wildman–Crippen LogP) is 4.62. The Morgan fingerprint density at radius 3 is 1.73 bits per heavy atom. The molecule has 5 N–H and O–H groups in total. The molecule has 0 aliphatic carbocycles. The van der Waals surface area contributed by atoms with E-state index in [2.05, 4.69) is 37.2 Å². The highest BCUT2D eigenvalue weighted by Gasteiger charge is 2.36. The number of amides is 1. The van der Waals surface area contributed by atoms with E-state index in [1.54, 1.807) is 30.6 Å². The minimum atomic E-state index is -1.13.